The highest BCUT2D eigenvalue weighted by atomic mass is 35.5. The number of thioether (sulfide) groups is 1. The predicted octanol–water partition coefficient (Wildman–Crippen LogP) is 1.73. The maximum Gasteiger partial charge on any atom is 0.233 e. The fraction of sp³-hybridized carbons (Fsp3) is 0.562. The number of carbonyl (C=O) groups is 1. The number of benzene rings is 1. The lowest BCUT2D eigenvalue weighted by molar-refractivity contribution is -0.131. The Kier molecular flexibility index (Phi) is 5.74. The van der Waals surface area contributed by atoms with E-state index in [-0.39, 0.29) is 28.7 Å². The first-order valence-electron chi connectivity index (χ1n) is 8.03. The summed E-state index contributed by atoms with van der Waals surface area (Å²) in [7, 11) is -2.90. The molecular weight excluding hydrogens is 368 g/mol. The molecule has 0 saturated carbocycles. The maximum absolute atomic E-state index is 12.7. The molecule has 2 saturated heterocycles. The van der Waals surface area contributed by atoms with Crippen LogP contribution in [-0.4, -0.2) is 61.4 Å². The van der Waals surface area contributed by atoms with Crippen molar-refractivity contribution in [1.82, 2.24) is 10.2 Å². The summed E-state index contributed by atoms with van der Waals surface area (Å²) in [5.41, 5.74) is 0.952. The Morgan fingerprint density at radius 2 is 2.17 bits per heavy atom. The fourth-order valence-corrected chi connectivity index (χ4v) is 6.98. The van der Waals surface area contributed by atoms with E-state index in [4.69, 9.17) is 11.6 Å². The van der Waals surface area contributed by atoms with Crippen molar-refractivity contribution in [3.63, 3.8) is 0 Å². The van der Waals surface area contributed by atoms with Crippen LogP contribution in [0.4, 0.5) is 0 Å². The molecule has 1 amide bonds. The average molecular weight is 389 g/mol. The number of hydrogen-bond acceptors (Lipinski definition) is 5. The molecule has 0 aromatic heterocycles. The van der Waals surface area contributed by atoms with E-state index in [0.717, 1.165) is 12.1 Å². The summed E-state index contributed by atoms with van der Waals surface area (Å²) in [4.78, 5) is 14.6. The zero-order valence-electron chi connectivity index (χ0n) is 13.3. The second-order valence-electron chi connectivity index (χ2n) is 6.16. The molecule has 1 N–H and O–H groups in total. The third-order valence-electron chi connectivity index (χ3n) is 4.46. The van der Waals surface area contributed by atoms with Crippen LogP contribution in [0.3, 0.4) is 0 Å². The van der Waals surface area contributed by atoms with Crippen LogP contribution in [0, 0.1) is 0 Å². The topological polar surface area (TPSA) is 66.5 Å². The first-order valence-corrected chi connectivity index (χ1v) is 11.3. The summed E-state index contributed by atoms with van der Waals surface area (Å²) in [5, 5.41) is 4.02. The quantitative estimate of drug-likeness (QED) is 0.850. The van der Waals surface area contributed by atoms with Crippen LogP contribution in [0.1, 0.15) is 18.0 Å². The zero-order valence-corrected chi connectivity index (χ0v) is 15.7. The number of carbonyl (C=O) groups excluding carboxylic acids is 1. The number of sulfone groups is 1. The molecule has 8 heteroatoms. The molecule has 5 nitrogen and oxygen atoms in total. The minimum Gasteiger partial charge on any atom is -0.332 e. The molecule has 132 valence electrons. The van der Waals surface area contributed by atoms with Crippen molar-refractivity contribution >= 4 is 39.1 Å². The number of nitrogens with one attached hydrogen (secondary N) is 1. The molecule has 1 aromatic rings. The van der Waals surface area contributed by atoms with Crippen LogP contribution in [0.15, 0.2) is 24.3 Å². The van der Waals surface area contributed by atoms with Crippen molar-refractivity contribution in [1.29, 1.82) is 0 Å². The predicted molar refractivity (Wildman–Crippen MR) is 98.3 cm³/mol. The summed E-state index contributed by atoms with van der Waals surface area (Å²) in [6.07, 6.45) is 0.649. The fourth-order valence-electron chi connectivity index (χ4n) is 3.19. The lowest BCUT2D eigenvalue weighted by atomic mass is 10.0. The number of nitrogens with zero attached hydrogens (tertiary/aromatic N) is 1. The third-order valence-corrected chi connectivity index (χ3v) is 8.07. The molecule has 24 heavy (non-hydrogen) atoms. The number of amides is 1. The SMILES string of the molecule is O=C(CSC1CCS(=O)(=O)C1)N1CCNCC1c1ccccc1Cl. The van der Waals surface area contributed by atoms with Crippen molar-refractivity contribution in [3.8, 4) is 0 Å². The summed E-state index contributed by atoms with van der Waals surface area (Å²) in [5.74, 6) is 0.812. The van der Waals surface area contributed by atoms with Gasteiger partial charge in [0.2, 0.25) is 5.91 Å². The second kappa shape index (κ2) is 7.64. The summed E-state index contributed by atoms with van der Waals surface area (Å²) < 4.78 is 23.1. The van der Waals surface area contributed by atoms with Gasteiger partial charge in [-0.05, 0) is 18.1 Å². The molecule has 0 radical (unpaired) electrons. The maximum atomic E-state index is 12.7. The first-order chi connectivity index (χ1) is 11.5. The summed E-state index contributed by atoms with van der Waals surface area (Å²) in [6.45, 7) is 2.07. The average Bonchev–Trinajstić information content (AvgIpc) is 2.92. The Morgan fingerprint density at radius 3 is 2.88 bits per heavy atom. The van der Waals surface area contributed by atoms with Gasteiger partial charge in [0.25, 0.3) is 0 Å². The van der Waals surface area contributed by atoms with E-state index >= 15 is 0 Å². The van der Waals surface area contributed by atoms with Gasteiger partial charge >= 0.3 is 0 Å². The van der Waals surface area contributed by atoms with E-state index in [1.807, 2.05) is 29.2 Å². The van der Waals surface area contributed by atoms with E-state index in [0.29, 0.717) is 30.3 Å². The summed E-state index contributed by atoms with van der Waals surface area (Å²) in [6, 6.07) is 7.53. The van der Waals surface area contributed by atoms with Crippen molar-refractivity contribution in [2.75, 3.05) is 36.9 Å². The lowest BCUT2D eigenvalue weighted by Crippen LogP contribution is -2.49. The smallest absolute Gasteiger partial charge is 0.233 e. The normalized spacial score (nSPS) is 26.5. The van der Waals surface area contributed by atoms with E-state index in [2.05, 4.69) is 5.32 Å². The number of hydrogen-bond donors (Lipinski definition) is 1. The highest BCUT2D eigenvalue weighted by Crippen LogP contribution is 2.30. The molecule has 2 aliphatic heterocycles. The molecule has 0 aliphatic carbocycles. The van der Waals surface area contributed by atoms with Crippen molar-refractivity contribution in [2.24, 2.45) is 0 Å². The van der Waals surface area contributed by atoms with Crippen LogP contribution in [0.25, 0.3) is 0 Å². The molecule has 2 unspecified atom stereocenters. The van der Waals surface area contributed by atoms with Gasteiger partial charge in [-0.1, -0.05) is 29.8 Å². The van der Waals surface area contributed by atoms with Crippen LogP contribution < -0.4 is 5.32 Å². The Morgan fingerprint density at radius 1 is 1.38 bits per heavy atom. The van der Waals surface area contributed by atoms with E-state index < -0.39 is 9.84 Å². The number of piperazine rings is 1. The van der Waals surface area contributed by atoms with E-state index in [1.165, 1.54) is 11.8 Å². The van der Waals surface area contributed by atoms with Gasteiger partial charge in [0.05, 0.1) is 23.3 Å². The van der Waals surface area contributed by atoms with Gasteiger partial charge in [-0.15, -0.1) is 11.8 Å². The lowest BCUT2D eigenvalue weighted by Gasteiger charge is -2.37. The van der Waals surface area contributed by atoms with Gasteiger partial charge in [0.15, 0.2) is 9.84 Å². The molecule has 0 bridgehead atoms. The van der Waals surface area contributed by atoms with Crippen molar-refractivity contribution < 1.29 is 13.2 Å². The van der Waals surface area contributed by atoms with Crippen LogP contribution in [-0.2, 0) is 14.6 Å². The summed E-state index contributed by atoms with van der Waals surface area (Å²) >= 11 is 7.77. The highest BCUT2D eigenvalue weighted by Gasteiger charge is 2.32. The monoisotopic (exact) mass is 388 g/mol. The van der Waals surface area contributed by atoms with E-state index in [1.54, 1.807) is 0 Å². The van der Waals surface area contributed by atoms with Gasteiger partial charge in [-0.3, -0.25) is 4.79 Å². The minimum atomic E-state index is -2.90. The Bertz CT molecular complexity index is 711. The molecule has 2 fully saturated rings. The molecule has 1 aromatic carbocycles. The Labute approximate surface area is 152 Å². The molecular formula is C16H21ClN2O3S2. The molecule has 2 aliphatic rings. The van der Waals surface area contributed by atoms with E-state index in [9.17, 15) is 13.2 Å². The molecule has 2 atom stereocenters. The van der Waals surface area contributed by atoms with Crippen LogP contribution in [0.2, 0.25) is 5.02 Å². The number of halogens is 1. The van der Waals surface area contributed by atoms with Crippen LogP contribution >= 0.6 is 23.4 Å². The van der Waals surface area contributed by atoms with Gasteiger partial charge in [-0.2, -0.15) is 0 Å². The van der Waals surface area contributed by atoms with Crippen molar-refractivity contribution in [3.05, 3.63) is 34.9 Å². The first kappa shape index (κ1) is 18.0. The second-order valence-corrected chi connectivity index (χ2v) is 10.1. The third kappa shape index (κ3) is 4.25. The van der Waals surface area contributed by atoms with Gasteiger partial charge in [0, 0.05) is 29.9 Å². The van der Waals surface area contributed by atoms with Gasteiger partial charge < -0.3 is 10.2 Å². The largest absolute Gasteiger partial charge is 0.332 e. The molecule has 2 heterocycles. The zero-order chi connectivity index (χ0) is 17.2. The standard InChI is InChI=1S/C16H21ClN2O3S2/c17-14-4-2-1-3-13(14)15-9-18-6-7-19(15)16(20)10-23-12-5-8-24(21,22)11-12/h1-4,12,15,18H,5-11H2. The molecule has 0 spiro atoms. The number of rotatable bonds is 4. The minimum absolute atomic E-state index is 0.0422. The van der Waals surface area contributed by atoms with Crippen LogP contribution in [0.5, 0.6) is 0 Å². The Hall–Kier alpha value is -0.760. The molecule has 3 rings (SSSR count). The highest BCUT2D eigenvalue weighted by molar-refractivity contribution is 8.02. The van der Waals surface area contributed by atoms with Gasteiger partial charge in [-0.25, -0.2) is 8.42 Å². The van der Waals surface area contributed by atoms with Crippen molar-refractivity contribution in [2.45, 2.75) is 17.7 Å². The Balaban J connectivity index is 1.65. The van der Waals surface area contributed by atoms with Gasteiger partial charge in [0.1, 0.15) is 0 Å².